The zero-order chi connectivity index (χ0) is 19.7. The number of fused-ring (bicyclic) bond motifs is 2. The lowest BCUT2D eigenvalue weighted by Crippen LogP contribution is -2.36. The largest absolute Gasteiger partial charge is 0.478 e. The molecule has 1 aliphatic heterocycles. The van der Waals surface area contributed by atoms with Gasteiger partial charge in [0.05, 0.1) is 22.3 Å². The van der Waals surface area contributed by atoms with Crippen LogP contribution in [0.25, 0.3) is 11.0 Å². The third kappa shape index (κ3) is 3.19. The number of carbonyl (C=O) groups is 2. The number of imidazole rings is 1. The van der Waals surface area contributed by atoms with E-state index < -0.39 is 6.10 Å². The number of aryl methyl sites for hydroxylation is 1. The van der Waals surface area contributed by atoms with Crippen molar-refractivity contribution < 1.29 is 14.3 Å². The maximum Gasteiger partial charge on any atom is 0.265 e. The Morgan fingerprint density at radius 3 is 2.89 bits per heavy atom. The van der Waals surface area contributed by atoms with Crippen LogP contribution in [0.2, 0.25) is 0 Å². The summed E-state index contributed by atoms with van der Waals surface area (Å²) in [6.07, 6.45) is -0.0111. The molecule has 0 bridgehead atoms. The van der Waals surface area contributed by atoms with Crippen molar-refractivity contribution in [3.63, 3.8) is 0 Å². The average Bonchev–Trinajstić information content (AvgIpc) is 3.05. The summed E-state index contributed by atoms with van der Waals surface area (Å²) in [6, 6.07) is 13.2. The van der Waals surface area contributed by atoms with Crippen molar-refractivity contribution >= 4 is 28.5 Å². The molecule has 1 aromatic heterocycles. The van der Waals surface area contributed by atoms with E-state index in [1.807, 2.05) is 18.2 Å². The molecular weight excluding hydrogens is 356 g/mol. The maximum atomic E-state index is 12.7. The van der Waals surface area contributed by atoms with Crippen LogP contribution in [0.15, 0.2) is 42.5 Å². The molecule has 28 heavy (non-hydrogen) atoms. The van der Waals surface area contributed by atoms with Crippen molar-refractivity contribution in [1.82, 2.24) is 14.9 Å². The first-order valence-corrected chi connectivity index (χ1v) is 9.41. The van der Waals surface area contributed by atoms with E-state index in [9.17, 15) is 9.59 Å². The summed E-state index contributed by atoms with van der Waals surface area (Å²) in [5.74, 6) is 0.895. The summed E-state index contributed by atoms with van der Waals surface area (Å²) in [5, 5.41) is 5.69. The van der Waals surface area contributed by atoms with E-state index in [2.05, 4.69) is 33.2 Å². The van der Waals surface area contributed by atoms with Crippen LogP contribution in [0.5, 0.6) is 5.75 Å². The van der Waals surface area contributed by atoms with Gasteiger partial charge in [-0.1, -0.05) is 18.2 Å². The lowest BCUT2D eigenvalue weighted by Gasteiger charge is -2.25. The van der Waals surface area contributed by atoms with Gasteiger partial charge >= 0.3 is 0 Å². The number of hydrogen-bond acceptors (Lipinski definition) is 4. The number of nitrogens with zero attached hydrogens (tertiary/aromatic N) is 2. The van der Waals surface area contributed by atoms with E-state index in [0.29, 0.717) is 30.0 Å². The number of ether oxygens (including phenoxy) is 1. The van der Waals surface area contributed by atoms with Gasteiger partial charge < -0.3 is 19.9 Å². The first-order chi connectivity index (χ1) is 13.6. The van der Waals surface area contributed by atoms with Crippen LogP contribution in [0.3, 0.4) is 0 Å². The second-order valence-corrected chi connectivity index (χ2v) is 6.70. The monoisotopic (exact) mass is 378 g/mol. The molecular formula is C21H22N4O3. The van der Waals surface area contributed by atoms with Gasteiger partial charge in [-0.05, 0) is 38.1 Å². The van der Waals surface area contributed by atoms with Crippen molar-refractivity contribution in [2.24, 2.45) is 0 Å². The fourth-order valence-electron chi connectivity index (χ4n) is 3.46. The number of rotatable bonds is 5. The van der Waals surface area contributed by atoms with Crippen molar-refractivity contribution in [1.29, 1.82) is 0 Å². The predicted octanol–water partition coefficient (Wildman–Crippen LogP) is 2.75. The van der Waals surface area contributed by atoms with Crippen LogP contribution in [0.4, 0.5) is 5.69 Å². The number of amides is 2. The number of aromatic nitrogens is 2. The maximum absolute atomic E-state index is 12.7. The number of benzene rings is 2. The van der Waals surface area contributed by atoms with Gasteiger partial charge in [-0.15, -0.1) is 0 Å². The van der Waals surface area contributed by atoms with Crippen LogP contribution < -0.4 is 15.4 Å². The van der Waals surface area contributed by atoms with E-state index in [0.717, 1.165) is 23.4 Å². The minimum Gasteiger partial charge on any atom is -0.478 e. The Kier molecular flexibility index (Phi) is 4.73. The second kappa shape index (κ2) is 7.34. The summed E-state index contributed by atoms with van der Waals surface area (Å²) in [5.41, 5.74) is 2.99. The summed E-state index contributed by atoms with van der Waals surface area (Å²) >= 11 is 0. The molecule has 0 fully saturated rings. The molecule has 3 aromatic rings. The Hall–Kier alpha value is -3.35. The Bertz CT molecular complexity index is 1060. The Morgan fingerprint density at radius 1 is 1.25 bits per heavy atom. The van der Waals surface area contributed by atoms with Crippen LogP contribution in [-0.2, 0) is 17.8 Å². The van der Waals surface area contributed by atoms with E-state index in [1.165, 1.54) is 0 Å². The minimum absolute atomic E-state index is 0.219. The number of para-hydroxylation sites is 3. The Morgan fingerprint density at radius 2 is 2.07 bits per heavy atom. The van der Waals surface area contributed by atoms with Gasteiger partial charge in [0.15, 0.2) is 11.9 Å². The lowest BCUT2D eigenvalue weighted by atomic mass is 10.1. The van der Waals surface area contributed by atoms with Gasteiger partial charge in [-0.2, -0.15) is 0 Å². The topological polar surface area (TPSA) is 85.2 Å². The van der Waals surface area contributed by atoms with Gasteiger partial charge in [0.25, 0.3) is 11.8 Å². The van der Waals surface area contributed by atoms with Crippen molar-refractivity contribution in [3.05, 3.63) is 53.9 Å². The molecule has 2 amide bonds. The first kappa shape index (κ1) is 18.0. The normalized spacial score (nSPS) is 15.6. The molecule has 0 saturated heterocycles. The molecule has 0 radical (unpaired) electrons. The molecule has 7 nitrogen and oxygen atoms in total. The Labute approximate surface area is 162 Å². The van der Waals surface area contributed by atoms with Crippen molar-refractivity contribution in [3.8, 4) is 5.75 Å². The highest BCUT2D eigenvalue weighted by Crippen LogP contribution is 2.33. The minimum atomic E-state index is -0.633. The van der Waals surface area contributed by atoms with E-state index in [4.69, 9.17) is 4.74 Å². The molecule has 1 unspecified atom stereocenters. The molecule has 2 N–H and O–H groups in total. The van der Waals surface area contributed by atoms with Crippen LogP contribution >= 0.6 is 0 Å². The Balaban J connectivity index is 1.48. The summed E-state index contributed by atoms with van der Waals surface area (Å²) in [6.45, 7) is 5.01. The zero-order valence-electron chi connectivity index (χ0n) is 15.9. The quantitative estimate of drug-likeness (QED) is 0.715. The third-order valence-corrected chi connectivity index (χ3v) is 4.87. The lowest BCUT2D eigenvalue weighted by molar-refractivity contribution is -0.122. The molecule has 144 valence electrons. The molecule has 2 aromatic carbocycles. The SMILES string of the molecule is CCn1c(CCNC(=O)c2cccc3c2OC(C)C(=O)N3)nc2ccccc21. The van der Waals surface area contributed by atoms with Gasteiger partial charge in [0, 0.05) is 19.5 Å². The average molecular weight is 378 g/mol. The summed E-state index contributed by atoms with van der Waals surface area (Å²) in [4.78, 5) is 29.1. The third-order valence-electron chi connectivity index (χ3n) is 4.87. The van der Waals surface area contributed by atoms with Crippen LogP contribution in [-0.4, -0.2) is 34.0 Å². The van der Waals surface area contributed by atoms with Gasteiger partial charge in [-0.25, -0.2) is 4.98 Å². The van der Waals surface area contributed by atoms with Gasteiger partial charge in [0.1, 0.15) is 5.82 Å². The van der Waals surface area contributed by atoms with E-state index >= 15 is 0 Å². The van der Waals surface area contributed by atoms with Crippen molar-refractivity contribution in [2.75, 3.05) is 11.9 Å². The number of hydrogen-bond donors (Lipinski definition) is 2. The van der Waals surface area contributed by atoms with Crippen molar-refractivity contribution in [2.45, 2.75) is 32.9 Å². The number of anilines is 1. The van der Waals surface area contributed by atoms with E-state index in [-0.39, 0.29) is 11.8 Å². The summed E-state index contributed by atoms with van der Waals surface area (Å²) in [7, 11) is 0. The smallest absolute Gasteiger partial charge is 0.265 e. The molecule has 0 aliphatic carbocycles. The zero-order valence-corrected chi connectivity index (χ0v) is 15.9. The molecule has 7 heteroatoms. The fraction of sp³-hybridized carbons (Fsp3) is 0.286. The highest BCUT2D eigenvalue weighted by Gasteiger charge is 2.27. The summed E-state index contributed by atoms with van der Waals surface area (Å²) < 4.78 is 7.81. The van der Waals surface area contributed by atoms with Crippen LogP contribution in [0.1, 0.15) is 30.0 Å². The highest BCUT2D eigenvalue weighted by molar-refractivity contribution is 6.03. The molecule has 0 saturated carbocycles. The van der Waals surface area contributed by atoms with E-state index in [1.54, 1.807) is 25.1 Å². The standard InChI is InChI=1S/C21H22N4O3/c1-3-25-17-10-5-4-8-15(17)23-18(25)11-12-22-21(27)14-7-6-9-16-19(14)28-13(2)20(26)24-16/h4-10,13H,3,11-12H2,1-2H3,(H,22,27)(H,24,26). The van der Waals surface area contributed by atoms with Gasteiger partial charge in [-0.3, -0.25) is 9.59 Å². The second-order valence-electron chi connectivity index (χ2n) is 6.70. The number of nitrogens with one attached hydrogen (secondary N) is 2. The molecule has 4 rings (SSSR count). The molecule has 1 aliphatic rings. The molecule has 0 spiro atoms. The first-order valence-electron chi connectivity index (χ1n) is 9.41. The molecule has 1 atom stereocenters. The fourth-order valence-corrected chi connectivity index (χ4v) is 3.46. The number of carbonyl (C=O) groups excluding carboxylic acids is 2. The van der Waals surface area contributed by atoms with Gasteiger partial charge in [0.2, 0.25) is 0 Å². The predicted molar refractivity (Wildman–Crippen MR) is 107 cm³/mol. The highest BCUT2D eigenvalue weighted by atomic mass is 16.5. The van der Waals surface area contributed by atoms with Crippen LogP contribution in [0, 0.1) is 0 Å². The molecule has 2 heterocycles.